The summed E-state index contributed by atoms with van der Waals surface area (Å²) >= 11 is 5.82. The lowest BCUT2D eigenvalue weighted by Gasteiger charge is -2.27. The highest BCUT2D eigenvalue weighted by Gasteiger charge is 2.21. The van der Waals surface area contributed by atoms with Crippen LogP contribution in [0.1, 0.15) is 6.92 Å². The summed E-state index contributed by atoms with van der Waals surface area (Å²) in [6, 6.07) is 4.95. The van der Waals surface area contributed by atoms with Gasteiger partial charge in [0.2, 0.25) is 0 Å². The molecule has 114 valence electrons. The van der Waals surface area contributed by atoms with E-state index in [1.165, 1.54) is 6.26 Å². The van der Waals surface area contributed by atoms with E-state index in [1.807, 2.05) is 0 Å². The topological polar surface area (TPSA) is 74.0 Å². The molecule has 0 spiro atoms. The van der Waals surface area contributed by atoms with Gasteiger partial charge in [0.1, 0.15) is 18.6 Å². The highest BCUT2D eigenvalue weighted by molar-refractivity contribution is 6.30. The van der Waals surface area contributed by atoms with Crippen LogP contribution >= 0.6 is 11.6 Å². The fourth-order valence-corrected chi connectivity index (χ4v) is 1.98. The Balaban J connectivity index is 1.99. The van der Waals surface area contributed by atoms with Crippen LogP contribution in [-0.2, 0) is 9.47 Å². The fraction of sp³-hybridized carbons (Fsp3) is 0.357. The number of amides is 1. The first-order chi connectivity index (χ1) is 10.1. The molecule has 2 N–H and O–H groups in total. The van der Waals surface area contributed by atoms with E-state index in [2.05, 4.69) is 0 Å². The number of rotatable bonds is 3. The van der Waals surface area contributed by atoms with Crippen molar-refractivity contribution in [2.75, 3.05) is 32.0 Å². The third-order valence-electron chi connectivity index (χ3n) is 2.81. The largest absolute Gasteiger partial charge is 0.491 e. The number of nitrogens with two attached hydrogens (primary N) is 1. The number of carbonyl (C=O) groups excluding carboxylic acids is 1. The van der Waals surface area contributed by atoms with Crippen LogP contribution in [0, 0.1) is 0 Å². The maximum atomic E-state index is 11.7. The monoisotopic (exact) mass is 312 g/mol. The van der Waals surface area contributed by atoms with Crippen LogP contribution in [0.4, 0.5) is 10.5 Å². The van der Waals surface area contributed by atoms with Crippen molar-refractivity contribution in [2.45, 2.75) is 6.92 Å². The van der Waals surface area contributed by atoms with Crippen LogP contribution in [0.2, 0.25) is 5.02 Å². The Morgan fingerprint density at radius 3 is 3.10 bits per heavy atom. The molecule has 0 aliphatic carbocycles. The number of carbonyl (C=O) groups is 1. The van der Waals surface area contributed by atoms with Gasteiger partial charge in [-0.15, -0.1) is 0 Å². The summed E-state index contributed by atoms with van der Waals surface area (Å²) in [5.74, 6) is 1.01. The molecule has 1 aromatic rings. The standard InChI is InChI=1S/C14H17ClN2O4/c1-2-19-14(18)17-5-6-20-11(8-17)9-21-13-4-3-10(15)7-12(13)16/h3-4,7,9H,2,5-6,8,16H2,1H3/b11-9-. The molecule has 1 amide bonds. The van der Waals surface area contributed by atoms with Crippen LogP contribution in [0.3, 0.4) is 0 Å². The zero-order valence-electron chi connectivity index (χ0n) is 11.7. The fourth-order valence-electron chi connectivity index (χ4n) is 1.80. The highest BCUT2D eigenvalue weighted by atomic mass is 35.5. The van der Waals surface area contributed by atoms with E-state index in [4.69, 9.17) is 31.5 Å². The van der Waals surface area contributed by atoms with Gasteiger partial charge in [-0.1, -0.05) is 11.6 Å². The molecule has 1 fully saturated rings. The number of nitrogen functional groups attached to an aromatic ring is 1. The predicted molar refractivity (Wildman–Crippen MR) is 79.1 cm³/mol. The molecule has 0 unspecified atom stereocenters. The number of hydrogen-bond donors (Lipinski definition) is 1. The van der Waals surface area contributed by atoms with Crippen LogP contribution in [0.15, 0.2) is 30.2 Å². The Morgan fingerprint density at radius 2 is 2.38 bits per heavy atom. The van der Waals surface area contributed by atoms with E-state index >= 15 is 0 Å². The van der Waals surface area contributed by atoms with E-state index < -0.39 is 0 Å². The molecule has 1 aliphatic heterocycles. The van der Waals surface area contributed by atoms with Gasteiger partial charge in [-0.2, -0.15) is 0 Å². The first-order valence-corrected chi connectivity index (χ1v) is 6.93. The van der Waals surface area contributed by atoms with E-state index in [-0.39, 0.29) is 6.09 Å². The lowest BCUT2D eigenvalue weighted by molar-refractivity contribution is 0.0616. The van der Waals surface area contributed by atoms with E-state index in [0.29, 0.717) is 48.5 Å². The molecule has 2 rings (SSSR count). The lowest BCUT2D eigenvalue weighted by Crippen LogP contribution is -2.40. The lowest BCUT2D eigenvalue weighted by atomic mass is 10.3. The van der Waals surface area contributed by atoms with Crippen molar-refractivity contribution < 1.29 is 19.0 Å². The minimum absolute atomic E-state index is 0.298. The number of morpholine rings is 1. The second-order valence-corrected chi connectivity index (χ2v) is 4.79. The Morgan fingerprint density at radius 1 is 1.57 bits per heavy atom. The summed E-state index contributed by atoms with van der Waals surface area (Å²) < 4.78 is 15.9. The molecule has 0 saturated carbocycles. The molecule has 0 bridgehead atoms. The van der Waals surface area contributed by atoms with Gasteiger partial charge in [0.25, 0.3) is 0 Å². The van der Waals surface area contributed by atoms with Crippen molar-refractivity contribution in [3.63, 3.8) is 0 Å². The van der Waals surface area contributed by atoms with Crippen molar-refractivity contribution in [1.29, 1.82) is 0 Å². The second kappa shape index (κ2) is 7.08. The molecule has 0 radical (unpaired) electrons. The van der Waals surface area contributed by atoms with Crippen LogP contribution in [-0.4, -0.2) is 37.3 Å². The van der Waals surface area contributed by atoms with Gasteiger partial charge in [-0.25, -0.2) is 4.79 Å². The average molecular weight is 313 g/mol. The average Bonchev–Trinajstić information content (AvgIpc) is 2.47. The van der Waals surface area contributed by atoms with Crippen molar-refractivity contribution in [3.05, 3.63) is 35.2 Å². The van der Waals surface area contributed by atoms with Crippen LogP contribution in [0.5, 0.6) is 5.75 Å². The summed E-state index contributed by atoms with van der Waals surface area (Å²) in [5.41, 5.74) is 6.22. The number of nitrogens with zero attached hydrogens (tertiary/aromatic N) is 1. The molecule has 7 heteroatoms. The highest BCUT2D eigenvalue weighted by Crippen LogP contribution is 2.25. The molecule has 21 heavy (non-hydrogen) atoms. The van der Waals surface area contributed by atoms with E-state index in [9.17, 15) is 4.79 Å². The molecule has 0 aromatic heterocycles. The van der Waals surface area contributed by atoms with Gasteiger partial charge in [0.15, 0.2) is 5.76 Å². The van der Waals surface area contributed by atoms with Crippen molar-refractivity contribution in [3.8, 4) is 5.75 Å². The van der Waals surface area contributed by atoms with Gasteiger partial charge in [0.05, 0.1) is 25.4 Å². The molecular weight excluding hydrogens is 296 g/mol. The molecular formula is C14H17ClN2O4. The first-order valence-electron chi connectivity index (χ1n) is 6.55. The van der Waals surface area contributed by atoms with Gasteiger partial charge >= 0.3 is 6.09 Å². The SMILES string of the molecule is CCOC(=O)N1CCO/C(=C\Oc2ccc(Cl)cc2N)C1. The summed E-state index contributed by atoms with van der Waals surface area (Å²) in [7, 11) is 0. The Kier molecular flexibility index (Phi) is 5.16. The minimum atomic E-state index is -0.363. The summed E-state index contributed by atoms with van der Waals surface area (Å²) in [5, 5.41) is 0.537. The van der Waals surface area contributed by atoms with Crippen molar-refractivity contribution in [1.82, 2.24) is 4.90 Å². The van der Waals surface area contributed by atoms with E-state index in [1.54, 1.807) is 30.0 Å². The third kappa shape index (κ3) is 4.19. The zero-order valence-corrected chi connectivity index (χ0v) is 12.4. The number of anilines is 1. The van der Waals surface area contributed by atoms with Gasteiger partial charge in [-0.05, 0) is 25.1 Å². The third-order valence-corrected chi connectivity index (χ3v) is 3.05. The Labute approximate surface area is 128 Å². The molecule has 1 heterocycles. The predicted octanol–water partition coefficient (Wildman–Crippen LogP) is 2.63. The van der Waals surface area contributed by atoms with Gasteiger partial charge in [-0.3, -0.25) is 4.90 Å². The maximum absolute atomic E-state index is 11.7. The van der Waals surface area contributed by atoms with Gasteiger partial charge < -0.3 is 19.9 Å². The first kappa shape index (κ1) is 15.3. The number of halogens is 1. The molecule has 1 aliphatic rings. The van der Waals surface area contributed by atoms with Crippen LogP contribution in [0.25, 0.3) is 0 Å². The summed E-state index contributed by atoms with van der Waals surface area (Å²) in [6.07, 6.45) is 1.07. The smallest absolute Gasteiger partial charge is 0.410 e. The molecule has 1 aromatic carbocycles. The minimum Gasteiger partial charge on any atom is -0.491 e. The van der Waals surface area contributed by atoms with Crippen LogP contribution < -0.4 is 10.5 Å². The normalized spacial score (nSPS) is 16.5. The quantitative estimate of drug-likeness (QED) is 0.686. The molecule has 6 nitrogen and oxygen atoms in total. The van der Waals surface area contributed by atoms with Gasteiger partial charge in [0, 0.05) is 5.02 Å². The number of benzene rings is 1. The zero-order chi connectivity index (χ0) is 15.2. The second-order valence-electron chi connectivity index (χ2n) is 4.35. The Hall–Kier alpha value is -2.08. The molecule has 0 atom stereocenters. The van der Waals surface area contributed by atoms with E-state index in [0.717, 1.165) is 0 Å². The number of hydrogen-bond acceptors (Lipinski definition) is 5. The van der Waals surface area contributed by atoms with Crippen molar-refractivity contribution in [2.24, 2.45) is 0 Å². The summed E-state index contributed by atoms with van der Waals surface area (Å²) in [6.45, 7) is 3.28. The molecule has 1 saturated heterocycles. The summed E-state index contributed by atoms with van der Waals surface area (Å²) in [4.78, 5) is 13.2. The Bertz CT molecular complexity index is 548. The maximum Gasteiger partial charge on any atom is 0.410 e. The van der Waals surface area contributed by atoms with Crippen molar-refractivity contribution >= 4 is 23.4 Å². The number of ether oxygens (including phenoxy) is 3.